The van der Waals surface area contributed by atoms with Crippen LogP contribution in [0.15, 0.2) is 55.2 Å². The lowest BCUT2D eigenvalue weighted by atomic mass is 10.1. The molecule has 0 spiro atoms. The third-order valence-corrected chi connectivity index (χ3v) is 4.18. The number of nitrogens with two attached hydrogens (primary N) is 1. The van der Waals surface area contributed by atoms with Gasteiger partial charge in [0.1, 0.15) is 11.8 Å². The first-order chi connectivity index (χ1) is 14.2. The summed E-state index contributed by atoms with van der Waals surface area (Å²) in [5.74, 6) is 2.31. The van der Waals surface area contributed by atoms with Crippen LogP contribution in [0.2, 0.25) is 0 Å². The van der Waals surface area contributed by atoms with Crippen LogP contribution in [-0.4, -0.2) is 38.6 Å². The molecule has 0 atom stereocenters. The Balaban J connectivity index is 1.43. The van der Waals surface area contributed by atoms with E-state index in [0.717, 1.165) is 12.0 Å². The van der Waals surface area contributed by atoms with E-state index in [1.165, 1.54) is 6.33 Å². The number of nitrogen functional groups attached to an aromatic ring is 1. The number of aromatic nitrogens is 5. The van der Waals surface area contributed by atoms with Gasteiger partial charge in [-0.05, 0) is 30.2 Å². The highest BCUT2D eigenvalue weighted by molar-refractivity contribution is 5.81. The summed E-state index contributed by atoms with van der Waals surface area (Å²) in [6.45, 7) is 0.658. The smallest absolute Gasteiger partial charge is 0.219 e. The van der Waals surface area contributed by atoms with Crippen molar-refractivity contribution in [2.75, 3.05) is 24.7 Å². The van der Waals surface area contributed by atoms with Crippen LogP contribution in [0.25, 0.3) is 11.2 Å². The van der Waals surface area contributed by atoms with Crippen molar-refractivity contribution in [1.82, 2.24) is 24.9 Å². The van der Waals surface area contributed by atoms with Gasteiger partial charge in [-0.25, -0.2) is 24.9 Å². The van der Waals surface area contributed by atoms with E-state index in [9.17, 15) is 0 Å². The fourth-order valence-corrected chi connectivity index (χ4v) is 2.77. The minimum Gasteiger partial charge on any atom is -0.493 e. The number of hydrogen-bond acceptors (Lipinski definition) is 9. The van der Waals surface area contributed by atoms with Crippen molar-refractivity contribution in [3.8, 4) is 17.4 Å². The SMILES string of the molecule is COc1cc(CCNc2ncnc3nccnc23)ccc1Oc1ccc(N)cn1. The number of rotatable bonds is 7. The molecule has 0 amide bonds. The first kappa shape index (κ1) is 18.4. The van der Waals surface area contributed by atoms with E-state index >= 15 is 0 Å². The number of nitrogens with zero attached hydrogens (tertiary/aromatic N) is 5. The molecule has 29 heavy (non-hydrogen) atoms. The van der Waals surface area contributed by atoms with E-state index in [1.807, 2.05) is 18.2 Å². The van der Waals surface area contributed by atoms with Crippen LogP contribution in [0.3, 0.4) is 0 Å². The van der Waals surface area contributed by atoms with Gasteiger partial charge in [0.05, 0.1) is 19.0 Å². The first-order valence-corrected chi connectivity index (χ1v) is 8.95. The van der Waals surface area contributed by atoms with Crippen LogP contribution in [-0.2, 0) is 6.42 Å². The minimum atomic E-state index is 0.448. The predicted molar refractivity (Wildman–Crippen MR) is 109 cm³/mol. The molecule has 4 aromatic rings. The van der Waals surface area contributed by atoms with Crippen molar-refractivity contribution in [2.24, 2.45) is 0 Å². The second-order valence-corrected chi connectivity index (χ2v) is 6.14. The van der Waals surface area contributed by atoms with Crippen LogP contribution < -0.4 is 20.5 Å². The molecule has 3 aromatic heterocycles. The second kappa shape index (κ2) is 8.34. The van der Waals surface area contributed by atoms with Crippen molar-refractivity contribution >= 4 is 22.7 Å². The molecule has 146 valence electrons. The van der Waals surface area contributed by atoms with Crippen molar-refractivity contribution < 1.29 is 9.47 Å². The van der Waals surface area contributed by atoms with Crippen molar-refractivity contribution in [3.05, 3.63) is 60.8 Å². The molecular weight excluding hydrogens is 370 g/mol. The van der Waals surface area contributed by atoms with Crippen LogP contribution in [0, 0.1) is 0 Å². The summed E-state index contributed by atoms with van der Waals surface area (Å²) >= 11 is 0. The molecular formula is C20H19N7O2. The van der Waals surface area contributed by atoms with E-state index in [-0.39, 0.29) is 0 Å². The zero-order valence-electron chi connectivity index (χ0n) is 15.7. The molecule has 1 aromatic carbocycles. The molecule has 0 aliphatic carbocycles. The largest absolute Gasteiger partial charge is 0.493 e. The number of methoxy groups -OCH3 is 1. The third-order valence-electron chi connectivity index (χ3n) is 4.18. The molecule has 0 fully saturated rings. The van der Waals surface area contributed by atoms with Crippen LogP contribution >= 0.6 is 0 Å². The van der Waals surface area contributed by atoms with Gasteiger partial charge < -0.3 is 20.5 Å². The van der Waals surface area contributed by atoms with Gasteiger partial charge in [-0.15, -0.1) is 0 Å². The summed E-state index contributed by atoms with van der Waals surface area (Å²) < 4.78 is 11.3. The molecule has 0 radical (unpaired) electrons. The number of fused-ring (bicyclic) bond motifs is 1. The fourth-order valence-electron chi connectivity index (χ4n) is 2.77. The van der Waals surface area contributed by atoms with Gasteiger partial charge in [0, 0.05) is 25.0 Å². The Bertz CT molecular complexity index is 1110. The Morgan fingerprint density at radius 3 is 2.69 bits per heavy atom. The molecule has 0 saturated heterocycles. The van der Waals surface area contributed by atoms with E-state index in [1.54, 1.807) is 37.8 Å². The van der Waals surface area contributed by atoms with Crippen molar-refractivity contribution in [1.29, 1.82) is 0 Å². The number of pyridine rings is 1. The normalized spacial score (nSPS) is 10.7. The lowest BCUT2D eigenvalue weighted by molar-refractivity contribution is 0.373. The van der Waals surface area contributed by atoms with Gasteiger partial charge in [0.2, 0.25) is 5.88 Å². The topological polar surface area (TPSA) is 121 Å². The van der Waals surface area contributed by atoms with E-state index in [2.05, 4.69) is 30.2 Å². The summed E-state index contributed by atoms with van der Waals surface area (Å²) in [4.78, 5) is 21.0. The molecule has 9 nitrogen and oxygen atoms in total. The maximum absolute atomic E-state index is 5.79. The maximum Gasteiger partial charge on any atom is 0.219 e. The highest BCUT2D eigenvalue weighted by Gasteiger charge is 2.09. The standard InChI is InChI=1S/C20H19N7O2/c1-28-16-10-13(2-4-15(16)29-17-5-3-14(21)11-25-17)6-7-23-19-18-20(27-12-26-19)24-9-8-22-18/h2-5,8-12H,6-7,21H2,1H3,(H,23,24,26,27). The van der Waals surface area contributed by atoms with E-state index in [0.29, 0.717) is 46.6 Å². The Hall–Kier alpha value is -4.01. The zero-order valence-corrected chi connectivity index (χ0v) is 15.7. The highest BCUT2D eigenvalue weighted by atomic mass is 16.5. The summed E-state index contributed by atoms with van der Waals surface area (Å²) in [6.07, 6.45) is 7.00. The van der Waals surface area contributed by atoms with Gasteiger partial charge in [-0.3, -0.25) is 0 Å². The predicted octanol–water partition coefficient (Wildman–Crippen LogP) is 2.85. The Morgan fingerprint density at radius 2 is 1.86 bits per heavy atom. The molecule has 0 aliphatic rings. The van der Waals surface area contributed by atoms with E-state index in [4.69, 9.17) is 15.2 Å². The van der Waals surface area contributed by atoms with Gasteiger partial charge in [0.15, 0.2) is 23.0 Å². The molecule has 0 unspecified atom stereocenters. The van der Waals surface area contributed by atoms with Gasteiger partial charge in [0.25, 0.3) is 0 Å². The molecule has 3 N–H and O–H groups in total. The zero-order chi connectivity index (χ0) is 20.1. The summed E-state index contributed by atoms with van der Waals surface area (Å²) in [5, 5.41) is 3.29. The first-order valence-electron chi connectivity index (χ1n) is 8.95. The molecule has 4 rings (SSSR count). The summed E-state index contributed by atoms with van der Waals surface area (Å²) in [7, 11) is 1.60. The number of benzene rings is 1. The number of ether oxygens (including phenoxy) is 2. The Kier molecular flexibility index (Phi) is 5.28. The molecule has 3 heterocycles. The lowest BCUT2D eigenvalue weighted by Crippen LogP contribution is -2.08. The monoisotopic (exact) mass is 389 g/mol. The highest BCUT2D eigenvalue weighted by Crippen LogP contribution is 2.32. The quantitative estimate of drug-likeness (QED) is 0.491. The van der Waals surface area contributed by atoms with Crippen molar-refractivity contribution in [3.63, 3.8) is 0 Å². The average molecular weight is 389 g/mol. The van der Waals surface area contributed by atoms with Crippen LogP contribution in [0.1, 0.15) is 5.56 Å². The molecule has 9 heteroatoms. The molecule has 0 bridgehead atoms. The second-order valence-electron chi connectivity index (χ2n) is 6.14. The Labute approximate surface area is 167 Å². The van der Waals surface area contributed by atoms with Crippen LogP contribution in [0.5, 0.6) is 17.4 Å². The number of hydrogen-bond donors (Lipinski definition) is 2. The minimum absolute atomic E-state index is 0.448. The van der Waals surface area contributed by atoms with Gasteiger partial charge in [-0.2, -0.15) is 0 Å². The molecule has 0 aliphatic heterocycles. The number of nitrogens with one attached hydrogen (secondary N) is 1. The third kappa shape index (κ3) is 4.29. The number of anilines is 2. The molecule has 0 saturated carbocycles. The fraction of sp³-hybridized carbons (Fsp3) is 0.150. The summed E-state index contributed by atoms with van der Waals surface area (Å²) in [5.41, 5.74) is 8.51. The maximum atomic E-state index is 5.79. The Morgan fingerprint density at radius 1 is 0.966 bits per heavy atom. The van der Waals surface area contributed by atoms with Gasteiger partial charge in [-0.1, -0.05) is 6.07 Å². The van der Waals surface area contributed by atoms with Gasteiger partial charge >= 0.3 is 0 Å². The summed E-state index contributed by atoms with van der Waals surface area (Å²) in [6, 6.07) is 9.22. The lowest BCUT2D eigenvalue weighted by Gasteiger charge is -2.12. The van der Waals surface area contributed by atoms with E-state index < -0.39 is 0 Å². The van der Waals surface area contributed by atoms with Crippen LogP contribution in [0.4, 0.5) is 11.5 Å². The average Bonchev–Trinajstić information content (AvgIpc) is 2.76. The van der Waals surface area contributed by atoms with Crippen molar-refractivity contribution in [2.45, 2.75) is 6.42 Å².